The topological polar surface area (TPSA) is 64.3 Å². The number of hydrogen-bond donors (Lipinski definition) is 2. The predicted octanol–water partition coefficient (Wildman–Crippen LogP) is 2.44. The molecule has 3 rings (SSSR count). The van der Waals surface area contributed by atoms with Crippen LogP contribution in [0.2, 0.25) is 0 Å². The number of carbonyl (C=O) groups is 1. The number of benzene rings is 1. The number of fused-ring (bicyclic) bond motifs is 1. The minimum Gasteiger partial charge on any atom is -0.377 e. The highest BCUT2D eigenvalue weighted by atomic mass is 35.5. The lowest BCUT2D eigenvalue weighted by molar-refractivity contribution is -0.225. The zero-order valence-electron chi connectivity index (χ0n) is 14.2. The van der Waals surface area contributed by atoms with Gasteiger partial charge in [0.25, 0.3) is 0 Å². The molecule has 3 N–H and O–H groups in total. The zero-order chi connectivity index (χ0) is 16.7. The molecule has 0 aromatic heterocycles. The second kappa shape index (κ2) is 6.98. The van der Waals surface area contributed by atoms with Crippen LogP contribution in [0.15, 0.2) is 24.3 Å². The van der Waals surface area contributed by atoms with Crippen LogP contribution in [0.4, 0.5) is 4.39 Å². The number of hydrogen-bond acceptors (Lipinski definition) is 3. The van der Waals surface area contributed by atoms with E-state index in [1.54, 1.807) is 18.2 Å². The highest BCUT2D eigenvalue weighted by Gasteiger charge is 2.70. The van der Waals surface area contributed by atoms with Gasteiger partial charge in [-0.05, 0) is 30.9 Å². The Morgan fingerprint density at radius 1 is 1.42 bits per heavy atom. The van der Waals surface area contributed by atoms with Crippen LogP contribution in [0, 0.1) is 17.2 Å². The van der Waals surface area contributed by atoms with Gasteiger partial charge in [-0.3, -0.25) is 4.79 Å². The molecule has 1 saturated carbocycles. The van der Waals surface area contributed by atoms with Crippen molar-refractivity contribution in [1.29, 1.82) is 0 Å². The number of halogens is 2. The van der Waals surface area contributed by atoms with E-state index in [9.17, 15) is 9.18 Å². The Balaban J connectivity index is 0.00000208. The number of amides is 1. The third-order valence-corrected chi connectivity index (χ3v) is 5.70. The van der Waals surface area contributed by atoms with E-state index in [2.05, 4.69) is 5.32 Å². The van der Waals surface area contributed by atoms with Crippen LogP contribution in [0.25, 0.3) is 0 Å². The van der Waals surface area contributed by atoms with E-state index >= 15 is 0 Å². The summed E-state index contributed by atoms with van der Waals surface area (Å²) in [6.07, 6.45) is 2.38. The van der Waals surface area contributed by atoms with Gasteiger partial charge in [0.05, 0.1) is 6.10 Å². The maximum atomic E-state index is 13.6. The van der Waals surface area contributed by atoms with Gasteiger partial charge in [0.2, 0.25) is 5.91 Å². The molecule has 0 spiro atoms. The Bertz CT molecular complexity index is 610. The molecule has 134 valence electrons. The fraction of sp³-hybridized carbons (Fsp3) is 0.611. The van der Waals surface area contributed by atoms with Crippen molar-refractivity contribution in [2.45, 2.75) is 44.8 Å². The Morgan fingerprint density at radius 2 is 2.12 bits per heavy atom. The first kappa shape index (κ1) is 19.2. The van der Waals surface area contributed by atoms with Crippen LogP contribution in [0.3, 0.4) is 0 Å². The highest BCUT2D eigenvalue weighted by molar-refractivity contribution is 5.89. The van der Waals surface area contributed by atoms with Gasteiger partial charge in [-0.2, -0.15) is 0 Å². The Labute approximate surface area is 148 Å². The summed E-state index contributed by atoms with van der Waals surface area (Å²) in [5.74, 6) is -0.320. The number of rotatable bonds is 4. The largest absolute Gasteiger partial charge is 0.377 e. The zero-order valence-corrected chi connectivity index (χ0v) is 15.0. The lowest BCUT2D eigenvalue weighted by Gasteiger charge is -2.65. The normalized spacial score (nSPS) is 30.5. The van der Waals surface area contributed by atoms with Crippen molar-refractivity contribution < 1.29 is 13.9 Å². The van der Waals surface area contributed by atoms with Crippen molar-refractivity contribution in [1.82, 2.24) is 5.32 Å². The summed E-state index contributed by atoms with van der Waals surface area (Å²) >= 11 is 0. The number of ether oxygens (including phenoxy) is 1. The summed E-state index contributed by atoms with van der Waals surface area (Å²) in [5, 5.41) is 2.90. The average molecular weight is 357 g/mol. The molecule has 4 nitrogen and oxygen atoms in total. The predicted molar refractivity (Wildman–Crippen MR) is 93.5 cm³/mol. The average Bonchev–Trinajstić information content (AvgIpc) is 2.55. The molecule has 1 aliphatic heterocycles. The first-order valence-electron chi connectivity index (χ1n) is 8.31. The molecule has 3 unspecified atom stereocenters. The van der Waals surface area contributed by atoms with E-state index < -0.39 is 5.54 Å². The van der Waals surface area contributed by atoms with Crippen molar-refractivity contribution in [3.05, 3.63) is 35.6 Å². The monoisotopic (exact) mass is 356 g/mol. The fourth-order valence-corrected chi connectivity index (χ4v) is 4.19. The van der Waals surface area contributed by atoms with Crippen LogP contribution in [0.1, 0.15) is 32.3 Å². The van der Waals surface area contributed by atoms with Gasteiger partial charge in [0.15, 0.2) is 0 Å². The second-order valence-corrected chi connectivity index (χ2v) is 7.23. The summed E-state index contributed by atoms with van der Waals surface area (Å²) in [7, 11) is 0. The quantitative estimate of drug-likeness (QED) is 0.870. The Hall–Kier alpha value is -1.17. The Morgan fingerprint density at radius 3 is 2.83 bits per heavy atom. The molecule has 6 heteroatoms. The van der Waals surface area contributed by atoms with Crippen molar-refractivity contribution >= 4 is 18.3 Å². The number of nitrogens with one attached hydrogen (secondary N) is 1. The van der Waals surface area contributed by atoms with E-state index in [0.29, 0.717) is 18.5 Å². The minimum atomic E-state index is -0.909. The third-order valence-electron chi connectivity index (χ3n) is 5.70. The molecule has 1 aliphatic carbocycles. The smallest absolute Gasteiger partial charge is 0.241 e. The van der Waals surface area contributed by atoms with Crippen LogP contribution in [-0.4, -0.2) is 30.7 Å². The van der Waals surface area contributed by atoms with Crippen molar-refractivity contribution in [3.8, 4) is 0 Å². The number of nitrogens with two attached hydrogens (primary N) is 1. The molecule has 1 heterocycles. The van der Waals surface area contributed by atoms with Crippen molar-refractivity contribution in [2.24, 2.45) is 17.1 Å². The van der Waals surface area contributed by atoms with Crippen molar-refractivity contribution in [2.75, 3.05) is 13.2 Å². The van der Waals surface area contributed by atoms with Gasteiger partial charge in [-0.1, -0.05) is 32.0 Å². The molecule has 3 atom stereocenters. The van der Waals surface area contributed by atoms with E-state index in [1.807, 2.05) is 13.8 Å². The van der Waals surface area contributed by atoms with Crippen LogP contribution in [0.5, 0.6) is 0 Å². The van der Waals surface area contributed by atoms with Gasteiger partial charge in [0, 0.05) is 24.5 Å². The Kier molecular flexibility index (Phi) is 5.57. The minimum absolute atomic E-state index is 0. The molecular weight excluding hydrogens is 331 g/mol. The van der Waals surface area contributed by atoms with E-state index in [4.69, 9.17) is 10.5 Å². The van der Waals surface area contributed by atoms with E-state index in [-0.39, 0.29) is 41.6 Å². The van der Waals surface area contributed by atoms with Crippen molar-refractivity contribution in [3.63, 3.8) is 0 Å². The summed E-state index contributed by atoms with van der Waals surface area (Å²) in [4.78, 5) is 12.7. The molecular formula is C18H26ClFN2O2. The SMILES string of the molecule is CC1(C)C2OCCCC2C1(N)C(=O)NCCc1ccccc1F.Cl. The van der Waals surface area contributed by atoms with Gasteiger partial charge in [-0.15, -0.1) is 12.4 Å². The van der Waals surface area contributed by atoms with E-state index in [0.717, 1.165) is 19.4 Å². The van der Waals surface area contributed by atoms with Gasteiger partial charge >= 0.3 is 0 Å². The molecule has 1 amide bonds. The molecule has 2 aliphatic rings. The fourth-order valence-electron chi connectivity index (χ4n) is 4.19. The lowest BCUT2D eigenvalue weighted by atomic mass is 9.46. The first-order valence-corrected chi connectivity index (χ1v) is 8.31. The van der Waals surface area contributed by atoms with E-state index in [1.165, 1.54) is 6.07 Å². The summed E-state index contributed by atoms with van der Waals surface area (Å²) in [6.45, 7) is 5.12. The second-order valence-electron chi connectivity index (χ2n) is 7.23. The molecule has 1 aromatic carbocycles. The number of carbonyl (C=O) groups excluding carboxylic acids is 1. The molecule has 0 bridgehead atoms. The van der Waals surface area contributed by atoms with Crippen LogP contribution < -0.4 is 11.1 Å². The van der Waals surface area contributed by atoms with Crippen LogP contribution in [-0.2, 0) is 16.0 Å². The van der Waals surface area contributed by atoms with Gasteiger partial charge in [0.1, 0.15) is 11.4 Å². The van der Waals surface area contributed by atoms with Gasteiger partial charge in [-0.25, -0.2) is 4.39 Å². The molecule has 24 heavy (non-hydrogen) atoms. The standard InChI is InChI=1S/C18H25FN2O2.ClH/c1-17(2)15-13(7-5-11-23-15)18(17,20)16(22)21-10-9-12-6-3-4-8-14(12)19;/h3-4,6,8,13,15H,5,7,9-11,20H2,1-2H3,(H,21,22);1H. The maximum absolute atomic E-state index is 13.6. The molecule has 0 radical (unpaired) electrons. The first-order chi connectivity index (χ1) is 10.9. The third kappa shape index (κ3) is 2.83. The summed E-state index contributed by atoms with van der Waals surface area (Å²) < 4.78 is 19.4. The molecule has 1 saturated heterocycles. The molecule has 2 fully saturated rings. The lowest BCUT2D eigenvalue weighted by Crippen LogP contribution is -2.82. The summed E-state index contributed by atoms with van der Waals surface area (Å²) in [5.41, 5.74) is 5.83. The van der Waals surface area contributed by atoms with Crippen LogP contribution >= 0.6 is 12.4 Å². The van der Waals surface area contributed by atoms with Gasteiger partial charge < -0.3 is 15.8 Å². The molecule has 1 aromatic rings. The maximum Gasteiger partial charge on any atom is 0.241 e. The highest BCUT2D eigenvalue weighted by Crippen LogP contribution is 2.57. The summed E-state index contributed by atoms with van der Waals surface area (Å²) in [6, 6.07) is 6.62.